The first-order valence-corrected chi connectivity index (χ1v) is 6.90. The molecule has 0 aliphatic carbocycles. The molecule has 3 N–H and O–H groups in total. The Hall–Kier alpha value is -3.08. The fraction of sp³-hybridized carbons (Fsp3) is 0.0588. The Kier molecular flexibility index (Phi) is 3.62. The van der Waals surface area contributed by atoms with E-state index in [1.807, 2.05) is 24.3 Å². The van der Waals surface area contributed by atoms with Crippen LogP contribution >= 0.6 is 0 Å². The van der Waals surface area contributed by atoms with Gasteiger partial charge in [0, 0.05) is 5.69 Å². The van der Waals surface area contributed by atoms with E-state index in [9.17, 15) is 9.59 Å². The van der Waals surface area contributed by atoms with Gasteiger partial charge < -0.3 is 16.0 Å². The van der Waals surface area contributed by atoms with E-state index in [0.29, 0.717) is 28.3 Å². The predicted octanol–water partition coefficient (Wildman–Crippen LogP) is 2.71. The standard InChI is InChI=1S/C17H15N3O2/c1-11(16(21)18-12-7-3-2-4-8-12)15-19-14-10-6-5-9-13(14)17(22)20-15/h2-10,19H,1H3,(H,18,21)(H,20,22)/b15-11-. The quantitative estimate of drug-likeness (QED) is 0.746. The molecule has 0 bridgehead atoms. The van der Waals surface area contributed by atoms with Crippen LogP contribution < -0.4 is 16.0 Å². The third-order valence-electron chi connectivity index (χ3n) is 3.42. The fourth-order valence-electron chi connectivity index (χ4n) is 2.18. The van der Waals surface area contributed by atoms with Gasteiger partial charge in [-0.15, -0.1) is 0 Å². The van der Waals surface area contributed by atoms with Gasteiger partial charge in [0.15, 0.2) is 0 Å². The second kappa shape index (κ2) is 5.73. The highest BCUT2D eigenvalue weighted by Crippen LogP contribution is 2.22. The number of amides is 2. The summed E-state index contributed by atoms with van der Waals surface area (Å²) in [5.74, 6) is -0.0956. The van der Waals surface area contributed by atoms with Crippen LogP contribution in [0.5, 0.6) is 0 Å². The predicted molar refractivity (Wildman–Crippen MR) is 85.3 cm³/mol. The number of nitrogens with one attached hydrogen (secondary N) is 3. The number of hydrogen-bond acceptors (Lipinski definition) is 3. The largest absolute Gasteiger partial charge is 0.341 e. The molecule has 2 aromatic rings. The van der Waals surface area contributed by atoms with E-state index >= 15 is 0 Å². The van der Waals surface area contributed by atoms with E-state index in [4.69, 9.17) is 0 Å². The summed E-state index contributed by atoms with van der Waals surface area (Å²) in [6, 6.07) is 16.3. The van der Waals surface area contributed by atoms with Gasteiger partial charge in [-0.2, -0.15) is 0 Å². The third-order valence-corrected chi connectivity index (χ3v) is 3.42. The topological polar surface area (TPSA) is 70.2 Å². The van der Waals surface area contributed by atoms with Crippen molar-refractivity contribution in [3.63, 3.8) is 0 Å². The summed E-state index contributed by atoms with van der Waals surface area (Å²) >= 11 is 0. The van der Waals surface area contributed by atoms with E-state index in [2.05, 4.69) is 16.0 Å². The van der Waals surface area contributed by atoms with Crippen molar-refractivity contribution in [1.29, 1.82) is 0 Å². The molecule has 3 rings (SSSR count). The van der Waals surface area contributed by atoms with Gasteiger partial charge in [0.1, 0.15) is 5.82 Å². The van der Waals surface area contributed by atoms with Crippen molar-refractivity contribution in [2.75, 3.05) is 10.6 Å². The number of rotatable bonds is 2. The van der Waals surface area contributed by atoms with Crippen LogP contribution in [-0.2, 0) is 4.79 Å². The lowest BCUT2D eigenvalue weighted by molar-refractivity contribution is -0.112. The Morgan fingerprint density at radius 2 is 1.64 bits per heavy atom. The van der Waals surface area contributed by atoms with Crippen LogP contribution in [0, 0.1) is 0 Å². The van der Waals surface area contributed by atoms with Crippen LogP contribution in [0.15, 0.2) is 66.0 Å². The van der Waals surface area contributed by atoms with Crippen molar-refractivity contribution >= 4 is 23.2 Å². The SMILES string of the molecule is C/C(C(=O)Nc1ccccc1)=C1/NC(=O)c2ccccc2N1. The monoisotopic (exact) mass is 293 g/mol. The van der Waals surface area contributed by atoms with Crippen LogP contribution in [0.1, 0.15) is 17.3 Å². The molecule has 110 valence electrons. The second-order valence-corrected chi connectivity index (χ2v) is 4.94. The van der Waals surface area contributed by atoms with Crippen LogP contribution in [0.3, 0.4) is 0 Å². The minimum Gasteiger partial charge on any atom is -0.341 e. The van der Waals surface area contributed by atoms with Gasteiger partial charge in [-0.25, -0.2) is 0 Å². The molecular weight excluding hydrogens is 278 g/mol. The lowest BCUT2D eigenvalue weighted by Crippen LogP contribution is -2.35. The van der Waals surface area contributed by atoms with Crippen molar-refractivity contribution in [2.24, 2.45) is 0 Å². The van der Waals surface area contributed by atoms with Gasteiger partial charge in [-0.3, -0.25) is 9.59 Å². The maximum Gasteiger partial charge on any atom is 0.258 e. The number of fused-ring (bicyclic) bond motifs is 1. The molecule has 0 spiro atoms. The van der Waals surface area contributed by atoms with E-state index < -0.39 is 0 Å². The number of hydrogen-bond donors (Lipinski definition) is 3. The molecule has 0 aromatic heterocycles. The summed E-state index contributed by atoms with van der Waals surface area (Å²) in [5.41, 5.74) is 2.36. The first-order valence-electron chi connectivity index (χ1n) is 6.90. The average molecular weight is 293 g/mol. The Morgan fingerprint density at radius 3 is 2.41 bits per heavy atom. The lowest BCUT2D eigenvalue weighted by atomic mass is 10.1. The highest BCUT2D eigenvalue weighted by atomic mass is 16.2. The van der Waals surface area contributed by atoms with Gasteiger partial charge in [0.25, 0.3) is 11.8 Å². The highest BCUT2D eigenvalue weighted by Gasteiger charge is 2.22. The van der Waals surface area contributed by atoms with Crippen molar-refractivity contribution in [3.05, 3.63) is 71.6 Å². The number of carbonyl (C=O) groups excluding carboxylic acids is 2. The van der Waals surface area contributed by atoms with Crippen molar-refractivity contribution in [1.82, 2.24) is 5.32 Å². The highest BCUT2D eigenvalue weighted by molar-refractivity contribution is 6.08. The first-order chi connectivity index (χ1) is 10.6. The van der Waals surface area contributed by atoms with Crippen LogP contribution in [0.4, 0.5) is 11.4 Å². The lowest BCUT2D eigenvalue weighted by Gasteiger charge is -2.22. The number of para-hydroxylation sites is 2. The minimum absolute atomic E-state index is 0.226. The molecular formula is C17H15N3O2. The maximum atomic E-state index is 12.3. The van der Waals surface area contributed by atoms with E-state index in [-0.39, 0.29) is 11.8 Å². The summed E-state index contributed by atoms with van der Waals surface area (Å²) in [7, 11) is 0. The summed E-state index contributed by atoms with van der Waals surface area (Å²) < 4.78 is 0. The minimum atomic E-state index is -0.270. The Bertz CT molecular complexity index is 766. The van der Waals surface area contributed by atoms with E-state index in [1.165, 1.54) is 0 Å². The molecule has 1 aliphatic heterocycles. The van der Waals surface area contributed by atoms with Gasteiger partial charge in [-0.1, -0.05) is 30.3 Å². The normalized spacial score (nSPS) is 15.2. The summed E-state index contributed by atoms with van der Waals surface area (Å²) in [4.78, 5) is 24.3. The molecule has 1 heterocycles. The summed E-state index contributed by atoms with van der Waals surface area (Å²) in [6.45, 7) is 1.66. The van der Waals surface area contributed by atoms with Crippen LogP contribution in [0.25, 0.3) is 0 Å². The van der Waals surface area contributed by atoms with E-state index in [0.717, 1.165) is 0 Å². The van der Waals surface area contributed by atoms with Gasteiger partial charge in [0.2, 0.25) is 0 Å². The molecule has 5 heteroatoms. The molecule has 1 aliphatic rings. The smallest absolute Gasteiger partial charge is 0.258 e. The molecule has 2 aromatic carbocycles. The zero-order chi connectivity index (χ0) is 15.5. The Balaban J connectivity index is 1.84. The van der Waals surface area contributed by atoms with E-state index in [1.54, 1.807) is 37.3 Å². The molecule has 0 saturated carbocycles. The summed E-state index contributed by atoms with van der Waals surface area (Å²) in [6.07, 6.45) is 0. The third kappa shape index (κ3) is 2.69. The summed E-state index contributed by atoms with van der Waals surface area (Å²) in [5, 5.41) is 8.58. The number of carbonyl (C=O) groups is 2. The zero-order valence-electron chi connectivity index (χ0n) is 12.0. The van der Waals surface area contributed by atoms with Crippen LogP contribution in [0.2, 0.25) is 0 Å². The van der Waals surface area contributed by atoms with Crippen LogP contribution in [-0.4, -0.2) is 11.8 Å². The maximum absolute atomic E-state index is 12.3. The van der Waals surface area contributed by atoms with Gasteiger partial charge >= 0.3 is 0 Å². The number of anilines is 2. The average Bonchev–Trinajstić information content (AvgIpc) is 2.55. The zero-order valence-corrected chi connectivity index (χ0v) is 12.0. The van der Waals surface area contributed by atoms with Crippen molar-refractivity contribution < 1.29 is 9.59 Å². The molecule has 0 fully saturated rings. The molecule has 0 atom stereocenters. The molecule has 5 nitrogen and oxygen atoms in total. The van der Waals surface area contributed by atoms with Crippen molar-refractivity contribution in [3.8, 4) is 0 Å². The molecule has 22 heavy (non-hydrogen) atoms. The molecule has 0 unspecified atom stereocenters. The molecule has 2 amide bonds. The number of benzene rings is 2. The van der Waals surface area contributed by atoms with Gasteiger partial charge in [-0.05, 0) is 31.2 Å². The molecule has 0 saturated heterocycles. The Labute approximate surface area is 128 Å². The van der Waals surface area contributed by atoms with Crippen molar-refractivity contribution in [2.45, 2.75) is 6.92 Å². The molecule has 0 radical (unpaired) electrons. The second-order valence-electron chi connectivity index (χ2n) is 4.94. The van der Waals surface area contributed by atoms with Gasteiger partial charge in [0.05, 0.1) is 16.8 Å². The fourth-order valence-corrected chi connectivity index (χ4v) is 2.18. The Morgan fingerprint density at radius 1 is 0.955 bits per heavy atom. The first kappa shape index (κ1) is 13.9.